The fourth-order valence-electron chi connectivity index (χ4n) is 4.82. The second-order valence-electron chi connectivity index (χ2n) is 6.44. The molecule has 0 radical (unpaired) electrons. The molecule has 4 rings (SSSR count). The smallest absolute Gasteiger partial charge is 0.294 e. The first-order valence-corrected chi connectivity index (χ1v) is 7.32. The summed E-state index contributed by atoms with van der Waals surface area (Å²) in [6.45, 7) is 0. The molecular formula is C17H15F3O. The number of carbonyl (C=O) groups excluding carboxylic acids is 1. The maximum Gasteiger partial charge on any atom is 0.393 e. The Morgan fingerprint density at radius 3 is 2.67 bits per heavy atom. The molecule has 0 amide bonds. The first-order valence-electron chi connectivity index (χ1n) is 7.32. The number of fused-ring (bicyclic) bond motifs is 4. The SMILES string of the molecule is O=C1c2ccccc2CC[C@]12[C@H]1C=C[C@H](C1)[C@H]2C(F)(F)F. The van der Waals surface area contributed by atoms with Crippen LogP contribution < -0.4 is 0 Å². The number of benzene rings is 1. The van der Waals surface area contributed by atoms with Crippen LogP contribution in [0.25, 0.3) is 0 Å². The van der Waals surface area contributed by atoms with Gasteiger partial charge in [-0.05, 0) is 36.7 Å². The van der Waals surface area contributed by atoms with Crippen molar-refractivity contribution in [3.63, 3.8) is 0 Å². The summed E-state index contributed by atoms with van der Waals surface area (Å²) < 4.78 is 40.8. The van der Waals surface area contributed by atoms with Gasteiger partial charge in [-0.2, -0.15) is 13.2 Å². The summed E-state index contributed by atoms with van der Waals surface area (Å²) in [6.07, 6.45) is 0.550. The van der Waals surface area contributed by atoms with Gasteiger partial charge in [0.25, 0.3) is 0 Å². The number of ketones is 1. The van der Waals surface area contributed by atoms with Crippen molar-refractivity contribution in [3.05, 3.63) is 47.5 Å². The number of Topliss-reactive ketones (excluding diaryl/α,β-unsaturated/α-hetero) is 1. The van der Waals surface area contributed by atoms with Gasteiger partial charge in [0, 0.05) is 5.56 Å². The zero-order valence-electron chi connectivity index (χ0n) is 11.4. The predicted molar refractivity (Wildman–Crippen MR) is 71.8 cm³/mol. The van der Waals surface area contributed by atoms with Crippen LogP contribution in [0.2, 0.25) is 0 Å². The monoisotopic (exact) mass is 292 g/mol. The Bertz CT molecular complexity index is 646. The van der Waals surface area contributed by atoms with E-state index in [0.29, 0.717) is 24.8 Å². The lowest BCUT2D eigenvalue weighted by Gasteiger charge is -2.44. The highest BCUT2D eigenvalue weighted by molar-refractivity contribution is 6.03. The topological polar surface area (TPSA) is 17.1 Å². The van der Waals surface area contributed by atoms with E-state index in [4.69, 9.17) is 0 Å². The minimum Gasteiger partial charge on any atom is -0.294 e. The minimum atomic E-state index is -4.31. The van der Waals surface area contributed by atoms with Crippen LogP contribution in [-0.4, -0.2) is 12.0 Å². The predicted octanol–water partition coefficient (Wildman–Crippen LogP) is 4.19. The Morgan fingerprint density at radius 2 is 1.90 bits per heavy atom. The van der Waals surface area contributed by atoms with Crippen LogP contribution in [0.1, 0.15) is 28.8 Å². The highest BCUT2D eigenvalue weighted by Crippen LogP contribution is 2.65. The Kier molecular flexibility index (Phi) is 2.49. The molecule has 1 nitrogen and oxygen atoms in total. The van der Waals surface area contributed by atoms with Crippen molar-refractivity contribution in [2.24, 2.45) is 23.2 Å². The normalized spacial score (nSPS) is 37.3. The zero-order valence-corrected chi connectivity index (χ0v) is 11.4. The van der Waals surface area contributed by atoms with Crippen molar-refractivity contribution < 1.29 is 18.0 Å². The summed E-state index contributed by atoms with van der Waals surface area (Å²) in [5.41, 5.74) is 0.131. The first kappa shape index (κ1) is 13.1. The minimum absolute atomic E-state index is 0.255. The summed E-state index contributed by atoms with van der Waals surface area (Å²) in [5.74, 6) is -2.58. The van der Waals surface area contributed by atoms with Crippen molar-refractivity contribution in [2.75, 3.05) is 0 Å². The third kappa shape index (κ3) is 1.56. The molecule has 4 atom stereocenters. The van der Waals surface area contributed by atoms with Gasteiger partial charge in [0.05, 0.1) is 11.3 Å². The van der Waals surface area contributed by atoms with Gasteiger partial charge >= 0.3 is 6.18 Å². The van der Waals surface area contributed by atoms with Crippen LogP contribution in [0.5, 0.6) is 0 Å². The molecular weight excluding hydrogens is 277 g/mol. The van der Waals surface area contributed by atoms with Gasteiger partial charge < -0.3 is 0 Å². The highest BCUT2D eigenvalue weighted by atomic mass is 19.4. The molecule has 4 heteroatoms. The summed E-state index contributed by atoms with van der Waals surface area (Å²) >= 11 is 0. The van der Waals surface area contributed by atoms with E-state index in [2.05, 4.69) is 0 Å². The third-order valence-electron chi connectivity index (χ3n) is 5.61. The van der Waals surface area contributed by atoms with E-state index in [1.165, 1.54) is 0 Å². The van der Waals surface area contributed by atoms with Crippen LogP contribution >= 0.6 is 0 Å². The molecule has 0 aromatic heterocycles. The largest absolute Gasteiger partial charge is 0.393 e. The maximum atomic E-state index is 13.6. The molecule has 110 valence electrons. The highest BCUT2D eigenvalue weighted by Gasteiger charge is 2.68. The van der Waals surface area contributed by atoms with E-state index in [1.54, 1.807) is 18.2 Å². The number of halogens is 3. The quantitative estimate of drug-likeness (QED) is 0.655. The molecule has 3 aliphatic rings. The molecule has 1 fully saturated rings. The number of allylic oxidation sites excluding steroid dienone is 2. The van der Waals surface area contributed by atoms with Crippen molar-refractivity contribution >= 4 is 5.78 Å². The number of aryl methyl sites for hydroxylation is 1. The van der Waals surface area contributed by atoms with E-state index < -0.39 is 23.4 Å². The number of rotatable bonds is 0. The van der Waals surface area contributed by atoms with Crippen LogP contribution in [0, 0.1) is 23.2 Å². The van der Waals surface area contributed by atoms with E-state index in [9.17, 15) is 18.0 Å². The van der Waals surface area contributed by atoms with Crippen LogP contribution in [0.15, 0.2) is 36.4 Å². The lowest BCUT2D eigenvalue weighted by Crippen LogP contribution is -2.50. The zero-order chi connectivity index (χ0) is 14.8. The lowest BCUT2D eigenvalue weighted by atomic mass is 9.58. The first-order chi connectivity index (χ1) is 9.94. The van der Waals surface area contributed by atoms with Gasteiger partial charge in [0.2, 0.25) is 0 Å². The fraction of sp³-hybridized carbons (Fsp3) is 0.471. The molecule has 1 saturated carbocycles. The third-order valence-corrected chi connectivity index (χ3v) is 5.61. The standard InChI is InChI=1S/C17H15F3O/c18-17(19,20)14-11-5-6-12(9-11)16(14)8-7-10-3-1-2-4-13(10)15(16)21/h1-6,11-12,14H,7-9H2/t11-,12+,14-,16-/m1/s1. The van der Waals surface area contributed by atoms with Crippen LogP contribution in [0.4, 0.5) is 13.2 Å². The second-order valence-corrected chi connectivity index (χ2v) is 6.44. The fourth-order valence-corrected chi connectivity index (χ4v) is 4.82. The lowest BCUT2D eigenvalue weighted by molar-refractivity contribution is -0.205. The molecule has 0 N–H and O–H groups in total. The van der Waals surface area contributed by atoms with Gasteiger partial charge in [-0.25, -0.2) is 0 Å². The Morgan fingerprint density at radius 1 is 1.14 bits per heavy atom. The molecule has 1 spiro atoms. The molecule has 0 aliphatic heterocycles. The Labute approximate surface area is 120 Å². The van der Waals surface area contributed by atoms with Gasteiger partial charge in [0.1, 0.15) is 0 Å². The van der Waals surface area contributed by atoms with E-state index in [1.807, 2.05) is 18.2 Å². The number of hydrogen-bond donors (Lipinski definition) is 0. The maximum absolute atomic E-state index is 13.6. The number of carbonyl (C=O) groups is 1. The molecule has 21 heavy (non-hydrogen) atoms. The van der Waals surface area contributed by atoms with Crippen LogP contribution in [0.3, 0.4) is 0 Å². The van der Waals surface area contributed by atoms with E-state index in [-0.39, 0.29) is 11.7 Å². The summed E-state index contributed by atoms with van der Waals surface area (Å²) in [7, 11) is 0. The van der Waals surface area contributed by atoms with Gasteiger partial charge in [-0.1, -0.05) is 36.4 Å². The Hall–Kier alpha value is -1.58. The van der Waals surface area contributed by atoms with Crippen LogP contribution in [-0.2, 0) is 6.42 Å². The van der Waals surface area contributed by atoms with Crippen molar-refractivity contribution in [1.29, 1.82) is 0 Å². The number of alkyl halides is 3. The van der Waals surface area contributed by atoms with Crippen molar-refractivity contribution in [2.45, 2.75) is 25.4 Å². The number of hydrogen-bond acceptors (Lipinski definition) is 1. The van der Waals surface area contributed by atoms with Crippen molar-refractivity contribution in [3.8, 4) is 0 Å². The average molecular weight is 292 g/mol. The summed E-state index contributed by atoms with van der Waals surface area (Å²) in [6, 6.07) is 7.11. The summed E-state index contributed by atoms with van der Waals surface area (Å²) in [5, 5.41) is 0. The van der Waals surface area contributed by atoms with Crippen molar-refractivity contribution in [1.82, 2.24) is 0 Å². The molecule has 0 unspecified atom stereocenters. The van der Waals surface area contributed by atoms with Gasteiger partial charge in [-0.15, -0.1) is 0 Å². The molecule has 3 aliphatic carbocycles. The molecule has 0 heterocycles. The second kappa shape index (κ2) is 3.99. The molecule has 0 saturated heterocycles. The Balaban J connectivity index is 1.88. The molecule has 1 aromatic carbocycles. The molecule has 2 bridgehead atoms. The van der Waals surface area contributed by atoms with Gasteiger partial charge in [0.15, 0.2) is 5.78 Å². The molecule has 1 aromatic rings. The average Bonchev–Trinajstić information content (AvgIpc) is 3.02. The summed E-state index contributed by atoms with van der Waals surface area (Å²) in [4.78, 5) is 13.0. The van der Waals surface area contributed by atoms with E-state index in [0.717, 1.165) is 5.56 Å². The van der Waals surface area contributed by atoms with E-state index >= 15 is 0 Å². The van der Waals surface area contributed by atoms with Gasteiger partial charge in [-0.3, -0.25) is 4.79 Å².